The molecular formula is C17H31N3O. The van der Waals surface area contributed by atoms with Gasteiger partial charge in [-0.15, -0.1) is 0 Å². The Kier molecular flexibility index (Phi) is 5.53. The van der Waals surface area contributed by atoms with E-state index in [4.69, 9.17) is 0 Å². The summed E-state index contributed by atoms with van der Waals surface area (Å²) in [4.78, 5) is 17.1. The lowest BCUT2D eigenvalue weighted by molar-refractivity contribution is -0.133. The minimum Gasteiger partial charge on any atom is -0.340 e. The largest absolute Gasteiger partial charge is 0.340 e. The third-order valence-corrected chi connectivity index (χ3v) is 5.67. The lowest BCUT2D eigenvalue weighted by Gasteiger charge is -2.38. The second-order valence-electron chi connectivity index (χ2n) is 7.11. The van der Waals surface area contributed by atoms with E-state index in [1.165, 1.54) is 38.5 Å². The average Bonchev–Trinajstić information content (AvgIpc) is 3.08. The van der Waals surface area contributed by atoms with Crippen molar-refractivity contribution in [2.24, 2.45) is 5.92 Å². The van der Waals surface area contributed by atoms with Crippen molar-refractivity contribution in [2.75, 3.05) is 39.3 Å². The molecule has 2 aliphatic heterocycles. The summed E-state index contributed by atoms with van der Waals surface area (Å²) < 4.78 is 0. The number of amides is 1. The maximum Gasteiger partial charge on any atom is 0.222 e. The van der Waals surface area contributed by atoms with Crippen LogP contribution in [0.4, 0.5) is 0 Å². The van der Waals surface area contributed by atoms with Crippen molar-refractivity contribution in [1.82, 2.24) is 15.1 Å². The van der Waals surface area contributed by atoms with Crippen molar-refractivity contribution < 1.29 is 4.79 Å². The smallest absolute Gasteiger partial charge is 0.222 e. The third-order valence-electron chi connectivity index (χ3n) is 5.67. The molecule has 3 fully saturated rings. The zero-order valence-electron chi connectivity index (χ0n) is 13.4. The fourth-order valence-corrected chi connectivity index (χ4v) is 4.26. The first kappa shape index (κ1) is 15.3. The van der Waals surface area contributed by atoms with Crippen LogP contribution in [0.3, 0.4) is 0 Å². The summed E-state index contributed by atoms with van der Waals surface area (Å²) in [6.07, 6.45) is 9.98. The van der Waals surface area contributed by atoms with Crippen molar-refractivity contribution in [3.05, 3.63) is 0 Å². The molecule has 1 N–H and O–H groups in total. The zero-order chi connectivity index (χ0) is 14.5. The molecule has 1 saturated carbocycles. The second kappa shape index (κ2) is 7.59. The molecule has 21 heavy (non-hydrogen) atoms. The predicted molar refractivity (Wildman–Crippen MR) is 85.2 cm³/mol. The fraction of sp³-hybridized carbons (Fsp3) is 0.941. The van der Waals surface area contributed by atoms with Crippen LogP contribution in [0, 0.1) is 5.92 Å². The molecule has 0 aromatic rings. The number of carbonyl (C=O) groups excluding carboxylic acids is 1. The van der Waals surface area contributed by atoms with Crippen LogP contribution in [-0.4, -0.2) is 61.0 Å². The average molecular weight is 293 g/mol. The maximum absolute atomic E-state index is 12.4. The highest BCUT2D eigenvalue weighted by atomic mass is 16.2. The van der Waals surface area contributed by atoms with Crippen LogP contribution < -0.4 is 5.32 Å². The summed E-state index contributed by atoms with van der Waals surface area (Å²) in [7, 11) is 0. The van der Waals surface area contributed by atoms with E-state index < -0.39 is 0 Å². The summed E-state index contributed by atoms with van der Waals surface area (Å²) in [5, 5.41) is 3.44. The van der Waals surface area contributed by atoms with Gasteiger partial charge in [0.1, 0.15) is 0 Å². The van der Waals surface area contributed by atoms with Crippen molar-refractivity contribution in [2.45, 2.75) is 57.4 Å². The Bertz CT molecular complexity index is 327. The predicted octanol–water partition coefficient (Wildman–Crippen LogP) is 1.85. The van der Waals surface area contributed by atoms with Gasteiger partial charge in [-0.3, -0.25) is 9.69 Å². The van der Waals surface area contributed by atoms with Gasteiger partial charge in [-0.2, -0.15) is 0 Å². The van der Waals surface area contributed by atoms with Gasteiger partial charge in [0.2, 0.25) is 5.91 Å². The second-order valence-corrected chi connectivity index (χ2v) is 7.11. The van der Waals surface area contributed by atoms with E-state index >= 15 is 0 Å². The van der Waals surface area contributed by atoms with E-state index in [0.717, 1.165) is 64.1 Å². The van der Waals surface area contributed by atoms with Gasteiger partial charge in [-0.1, -0.05) is 12.8 Å². The highest BCUT2D eigenvalue weighted by Crippen LogP contribution is 2.24. The van der Waals surface area contributed by atoms with Gasteiger partial charge in [0.25, 0.3) is 0 Å². The van der Waals surface area contributed by atoms with Gasteiger partial charge < -0.3 is 10.2 Å². The van der Waals surface area contributed by atoms with Crippen LogP contribution in [0.2, 0.25) is 0 Å². The first-order chi connectivity index (χ1) is 10.3. The quantitative estimate of drug-likeness (QED) is 0.859. The monoisotopic (exact) mass is 293 g/mol. The highest BCUT2D eigenvalue weighted by Gasteiger charge is 2.27. The molecule has 3 rings (SSSR count). The van der Waals surface area contributed by atoms with E-state index in [0.29, 0.717) is 5.91 Å². The number of hydrogen-bond donors (Lipinski definition) is 1. The molecule has 1 atom stereocenters. The maximum atomic E-state index is 12.4. The Hall–Kier alpha value is -0.610. The van der Waals surface area contributed by atoms with E-state index in [2.05, 4.69) is 15.1 Å². The van der Waals surface area contributed by atoms with Gasteiger partial charge in [-0.05, 0) is 51.1 Å². The van der Waals surface area contributed by atoms with Crippen molar-refractivity contribution in [3.63, 3.8) is 0 Å². The first-order valence-corrected chi connectivity index (χ1v) is 9.05. The molecule has 2 saturated heterocycles. The normalized spacial score (nSPS) is 29.0. The van der Waals surface area contributed by atoms with Gasteiger partial charge in [0, 0.05) is 38.6 Å². The molecular weight excluding hydrogens is 262 g/mol. The zero-order valence-corrected chi connectivity index (χ0v) is 13.4. The molecule has 1 unspecified atom stereocenters. The van der Waals surface area contributed by atoms with Crippen LogP contribution >= 0.6 is 0 Å². The third kappa shape index (κ3) is 4.19. The number of rotatable bonds is 4. The molecule has 0 aromatic carbocycles. The Morgan fingerprint density at radius 2 is 1.76 bits per heavy atom. The SMILES string of the molecule is O=C(CCC1CCCNC1)N1CCN(C2CCCC2)CC1. The van der Waals surface area contributed by atoms with Gasteiger partial charge in [-0.25, -0.2) is 0 Å². The Labute approximate surface area is 129 Å². The molecule has 0 radical (unpaired) electrons. The number of piperidine rings is 1. The molecule has 120 valence electrons. The standard InChI is InChI=1S/C17H31N3O/c21-17(8-7-15-4-3-9-18-14-15)20-12-10-19(11-13-20)16-5-1-2-6-16/h15-16,18H,1-14H2. The molecule has 4 heteroatoms. The molecule has 3 aliphatic rings. The summed E-state index contributed by atoms with van der Waals surface area (Å²) in [6, 6.07) is 0.815. The number of nitrogens with one attached hydrogen (secondary N) is 1. The molecule has 2 heterocycles. The van der Waals surface area contributed by atoms with Crippen LogP contribution in [0.1, 0.15) is 51.4 Å². The van der Waals surface area contributed by atoms with Crippen molar-refractivity contribution in [1.29, 1.82) is 0 Å². The van der Waals surface area contributed by atoms with Crippen molar-refractivity contribution in [3.8, 4) is 0 Å². The lowest BCUT2D eigenvalue weighted by atomic mass is 9.94. The molecule has 0 aromatic heterocycles. The van der Waals surface area contributed by atoms with Crippen molar-refractivity contribution >= 4 is 5.91 Å². The van der Waals surface area contributed by atoms with Crippen LogP contribution in [0.25, 0.3) is 0 Å². The molecule has 0 spiro atoms. The lowest BCUT2D eigenvalue weighted by Crippen LogP contribution is -2.51. The number of hydrogen-bond acceptors (Lipinski definition) is 3. The van der Waals surface area contributed by atoms with E-state index in [-0.39, 0.29) is 0 Å². The van der Waals surface area contributed by atoms with Gasteiger partial charge >= 0.3 is 0 Å². The number of carbonyl (C=O) groups is 1. The molecule has 1 amide bonds. The molecule has 1 aliphatic carbocycles. The first-order valence-electron chi connectivity index (χ1n) is 9.05. The Balaban J connectivity index is 1.36. The fourth-order valence-electron chi connectivity index (χ4n) is 4.26. The number of piperazine rings is 1. The summed E-state index contributed by atoms with van der Waals surface area (Å²) >= 11 is 0. The molecule has 4 nitrogen and oxygen atoms in total. The minimum absolute atomic E-state index is 0.395. The molecule has 0 bridgehead atoms. The Morgan fingerprint density at radius 1 is 1.00 bits per heavy atom. The van der Waals surface area contributed by atoms with Crippen LogP contribution in [-0.2, 0) is 4.79 Å². The topological polar surface area (TPSA) is 35.6 Å². The highest BCUT2D eigenvalue weighted by molar-refractivity contribution is 5.76. The van der Waals surface area contributed by atoms with Crippen LogP contribution in [0.15, 0.2) is 0 Å². The minimum atomic E-state index is 0.395. The van der Waals surface area contributed by atoms with E-state index in [9.17, 15) is 4.79 Å². The Morgan fingerprint density at radius 3 is 2.43 bits per heavy atom. The van der Waals surface area contributed by atoms with E-state index in [1.807, 2.05) is 0 Å². The summed E-state index contributed by atoms with van der Waals surface area (Å²) in [6.45, 7) is 6.38. The van der Waals surface area contributed by atoms with Gasteiger partial charge in [0.15, 0.2) is 0 Å². The summed E-state index contributed by atoms with van der Waals surface area (Å²) in [5.41, 5.74) is 0. The van der Waals surface area contributed by atoms with Crippen LogP contribution in [0.5, 0.6) is 0 Å². The number of nitrogens with zero attached hydrogens (tertiary/aromatic N) is 2. The van der Waals surface area contributed by atoms with Gasteiger partial charge in [0.05, 0.1) is 0 Å². The van der Waals surface area contributed by atoms with E-state index in [1.54, 1.807) is 0 Å². The summed E-state index contributed by atoms with van der Waals surface area (Å²) in [5.74, 6) is 1.12.